The largest absolute Gasteiger partial charge is 0.341 e. The second-order valence-electron chi connectivity index (χ2n) is 6.90. The van der Waals surface area contributed by atoms with Gasteiger partial charge in [0.1, 0.15) is 5.82 Å². The van der Waals surface area contributed by atoms with E-state index in [1.54, 1.807) is 0 Å². The first-order valence-corrected chi connectivity index (χ1v) is 9.45. The second-order valence-corrected chi connectivity index (χ2v) is 7.27. The third kappa shape index (κ3) is 2.69. The number of hydrogen-bond donors (Lipinski definition) is 1. The van der Waals surface area contributed by atoms with Gasteiger partial charge >= 0.3 is 0 Å². The molecule has 0 aliphatic carbocycles. The number of hydrogen-bond acceptors (Lipinski definition) is 1. The van der Waals surface area contributed by atoms with Gasteiger partial charge in [-0.1, -0.05) is 54.6 Å². The fourth-order valence-electron chi connectivity index (χ4n) is 3.75. The highest BCUT2D eigenvalue weighted by Gasteiger charge is 2.11. The summed E-state index contributed by atoms with van der Waals surface area (Å²) in [4.78, 5) is 3.51. The average Bonchev–Trinajstić information content (AvgIpc) is 3.22. The number of rotatable bonds is 3. The first-order valence-electron chi connectivity index (χ1n) is 9.04. The molecule has 2 heterocycles. The Morgan fingerprint density at radius 2 is 1.67 bits per heavy atom. The molecule has 1 N–H and O–H groups in total. The second kappa shape index (κ2) is 6.25. The van der Waals surface area contributed by atoms with Gasteiger partial charge in [0.05, 0.1) is 0 Å². The number of nitrogens with one attached hydrogen (secondary N) is 1. The molecule has 0 unspecified atom stereocenters. The van der Waals surface area contributed by atoms with Crippen molar-refractivity contribution in [2.45, 2.75) is 13.5 Å². The number of nitrogens with zero attached hydrogens (tertiary/aromatic N) is 2. The highest BCUT2D eigenvalue weighted by Crippen LogP contribution is 2.25. The molecule has 0 aliphatic rings. The Labute approximate surface area is 162 Å². The number of fused-ring (bicyclic) bond motifs is 2. The lowest BCUT2D eigenvalue weighted by Gasteiger charge is -2.06. The number of imidazole rings is 1. The standard InChI is InChI=1S/C23H19N3S/c1-16-20-8-4-5-9-21(20)24-22(16)26-13-12-25(23(26)27)15-17-10-11-18-6-2-3-7-19(18)14-17/h2-14,24H,15H2,1H3. The molecular formula is C23H19N3S. The van der Waals surface area contributed by atoms with E-state index in [1.165, 1.54) is 27.3 Å². The maximum atomic E-state index is 5.77. The topological polar surface area (TPSA) is 25.6 Å². The zero-order chi connectivity index (χ0) is 18.4. The van der Waals surface area contributed by atoms with Crippen molar-refractivity contribution in [3.63, 3.8) is 0 Å². The van der Waals surface area contributed by atoms with Gasteiger partial charge in [0, 0.05) is 29.8 Å². The van der Waals surface area contributed by atoms with Crippen LogP contribution in [0.3, 0.4) is 0 Å². The van der Waals surface area contributed by atoms with Crippen molar-refractivity contribution in [3.05, 3.63) is 95.0 Å². The molecule has 2 aromatic heterocycles. The minimum absolute atomic E-state index is 0.760. The number of H-pyrrole nitrogens is 1. The minimum Gasteiger partial charge on any atom is -0.341 e. The van der Waals surface area contributed by atoms with Crippen LogP contribution in [0.4, 0.5) is 0 Å². The van der Waals surface area contributed by atoms with Gasteiger partial charge in [-0.3, -0.25) is 4.57 Å². The van der Waals surface area contributed by atoms with Crippen LogP contribution in [0.5, 0.6) is 0 Å². The van der Waals surface area contributed by atoms with E-state index >= 15 is 0 Å². The summed E-state index contributed by atoms with van der Waals surface area (Å²) in [5, 5.41) is 3.75. The summed E-state index contributed by atoms with van der Waals surface area (Å²) in [6.45, 7) is 2.90. The smallest absolute Gasteiger partial charge is 0.185 e. The molecule has 0 saturated heterocycles. The number of aromatic nitrogens is 3. The summed E-state index contributed by atoms with van der Waals surface area (Å²) in [5.74, 6) is 1.04. The van der Waals surface area contributed by atoms with Crippen LogP contribution in [0.2, 0.25) is 0 Å². The van der Waals surface area contributed by atoms with Gasteiger partial charge in [-0.25, -0.2) is 0 Å². The van der Waals surface area contributed by atoms with Crippen LogP contribution in [-0.4, -0.2) is 14.1 Å². The third-order valence-electron chi connectivity index (χ3n) is 5.19. The van der Waals surface area contributed by atoms with E-state index in [2.05, 4.69) is 87.9 Å². The Balaban J connectivity index is 1.54. The van der Waals surface area contributed by atoms with Crippen LogP contribution in [0, 0.1) is 11.7 Å². The van der Waals surface area contributed by atoms with Crippen molar-refractivity contribution >= 4 is 33.9 Å². The molecular weight excluding hydrogens is 350 g/mol. The van der Waals surface area contributed by atoms with E-state index in [-0.39, 0.29) is 0 Å². The Kier molecular flexibility index (Phi) is 3.73. The molecule has 5 rings (SSSR count). The van der Waals surface area contributed by atoms with Gasteiger partial charge in [0.2, 0.25) is 0 Å². The molecule has 3 aromatic carbocycles. The summed E-state index contributed by atoms with van der Waals surface area (Å²) < 4.78 is 4.97. The zero-order valence-electron chi connectivity index (χ0n) is 15.0. The molecule has 27 heavy (non-hydrogen) atoms. The number of benzene rings is 3. The molecule has 0 bridgehead atoms. The molecule has 0 atom stereocenters. The van der Waals surface area contributed by atoms with Gasteiger partial charge in [-0.2, -0.15) is 0 Å². The zero-order valence-corrected chi connectivity index (χ0v) is 15.8. The normalized spacial score (nSPS) is 11.4. The molecule has 0 fully saturated rings. The van der Waals surface area contributed by atoms with E-state index in [9.17, 15) is 0 Å². The summed E-state index contributed by atoms with van der Waals surface area (Å²) in [6, 6.07) is 23.4. The number of para-hydroxylation sites is 1. The Hall–Kier alpha value is -3.11. The highest BCUT2D eigenvalue weighted by atomic mass is 32.1. The molecule has 0 spiro atoms. The SMILES string of the molecule is Cc1c(-n2ccn(Cc3ccc4ccccc4c3)c2=S)[nH]c2ccccc12. The summed E-state index contributed by atoms with van der Waals surface area (Å²) >= 11 is 5.77. The lowest BCUT2D eigenvalue weighted by Crippen LogP contribution is -2.02. The molecule has 132 valence electrons. The van der Waals surface area contributed by atoms with Gasteiger partial charge in [-0.15, -0.1) is 0 Å². The lowest BCUT2D eigenvalue weighted by atomic mass is 10.1. The van der Waals surface area contributed by atoms with Crippen LogP contribution in [0.15, 0.2) is 79.1 Å². The van der Waals surface area contributed by atoms with Crippen molar-refractivity contribution in [1.29, 1.82) is 0 Å². The molecule has 0 saturated carbocycles. The van der Waals surface area contributed by atoms with Gasteiger partial charge in [0.15, 0.2) is 4.77 Å². The molecule has 0 aliphatic heterocycles. The van der Waals surface area contributed by atoms with Gasteiger partial charge in [0.25, 0.3) is 0 Å². The Morgan fingerprint density at radius 1 is 0.889 bits per heavy atom. The van der Waals surface area contributed by atoms with Crippen LogP contribution < -0.4 is 0 Å². The molecule has 5 aromatic rings. The van der Waals surface area contributed by atoms with E-state index < -0.39 is 0 Å². The van der Waals surface area contributed by atoms with Crippen molar-refractivity contribution in [1.82, 2.24) is 14.1 Å². The average molecular weight is 369 g/mol. The first kappa shape index (κ1) is 16.1. The lowest BCUT2D eigenvalue weighted by molar-refractivity contribution is 0.766. The summed E-state index contributed by atoms with van der Waals surface area (Å²) in [5.41, 5.74) is 3.59. The van der Waals surface area contributed by atoms with Gasteiger partial charge < -0.3 is 9.55 Å². The van der Waals surface area contributed by atoms with Crippen molar-refractivity contribution in [2.24, 2.45) is 0 Å². The van der Waals surface area contributed by atoms with Crippen molar-refractivity contribution < 1.29 is 0 Å². The van der Waals surface area contributed by atoms with Crippen LogP contribution in [-0.2, 0) is 6.54 Å². The van der Waals surface area contributed by atoms with Crippen LogP contribution in [0.1, 0.15) is 11.1 Å². The summed E-state index contributed by atoms with van der Waals surface area (Å²) in [7, 11) is 0. The van der Waals surface area contributed by atoms with E-state index in [0.29, 0.717) is 0 Å². The maximum Gasteiger partial charge on any atom is 0.185 e. The Morgan fingerprint density at radius 3 is 2.52 bits per heavy atom. The van der Waals surface area contributed by atoms with E-state index in [1.807, 2.05) is 12.3 Å². The van der Waals surface area contributed by atoms with Crippen molar-refractivity contribution in [2.75, 3.05) is 0 Å². The molecule has 0 radical (unpaired) electrons. The minimum atomic E-state index is 0.760. The maximum absolute atomic E-state index is 5.77. The summed E-state index contributed by atoms with van der Waals surface area (Å²) in [6.07, 6.45) is 4.10. The number of aryl methyl sites for hydroxylation is 1. The quantitative estimate of drug-likeness (QED) is 0.388. The Bertz CT molecular complexity index is 1340. The fraction of sp³-hybridized carbons (Fsp3) is 0.0870. The predicted molar refractivity (Wildman–Crippen MR) is 114 cm³/mol. The first-order chi connectivity index (χ1) is 13.2. The third-order valence-corrected chi connectivity index (χ3v) is 5.63. The highest BCUT2D eigenvalue weighted by molar-refractivity contribution is 7.71. The predicted octanol–water partition coefficient (Wildman–Crippen LogP) is 6.00. The molecule has 3 nitrogen and oxygen atoms in total. The number of aromatic amines is 1. The molecule has 0 amide bonds. The van der Waals surface area contributed by atoms with Crippen LogP contribution >= 0.6 is 12.2 Å². The van der Waals surface area contributed by atoms with Crippen molar-refractivity contribution in [3.8, 4) is 5.82 Å². The molecule has 4 heteroatoms. The monoisotopic (exact) mass is 369 g/mol. The fourth-order valence-corrected chi connectivity index (χ4v) is 4.02. The van der Waals surface area contributed by atoms with Crippen LogP contribution in [0.25, 0.3) is 27.5 Å². The van der Waals surface area contributed by atoms with Gasteiger partial charge in [-0.05, 0) is 53.2 Å². The van der Waals surface area contributed by atoms with E-state index in [0.717, 1.165) is 22.7 Å². The van der Waals surface area contributed by atoms with E-state index in [4.69, 9.17) is 12.2 Å².